The second kappa shape index (κ2) is 17.5. The lowest BCUT2D eigenvalue weighted by atomic mass is 10.1. The molecule has 15 nitrogen and oxygen atoms in total. The molecule has 0 aliphatic heterocycles. The Morgan fingerprint density at radius 2 is 1.04 bits per heavy atom. The highest BCUT2D eigenvalue weighted by Crippen LogP contribution is 2.36. The molecule has 0 saturated heterocycles. The van der Waals surface area contributed by atoms with Crippen molar-refractivity contribution in [3.05, 3.63) is 108 Å². The minimum Gasteiger partial charge on any atom is -0.495 e. The number of esters is 3. The van der Waals surface area contributed by atoms with Gasteiger partial charge in [0.15, 0.2) is 0 Å². The Labute approximate surface area is 292 Å². The molecule has 15 heteroatoms. The van der Waals surface area contributed by atoms with Gasteiger partial charge in [0, 0.05) is 6.42 Å². The van der Waals surface area contributed by atoms with Crippen LogP contribution in [0.1, 0.15) is 24.0 Å². The first-order valence-electron chi connectivity index (χ1n) is 15.3. The van der Waals surface area contributed by atoms with Crippen LogP contribution in [0.3, 0.4) is 0 Å². The Hall–Kier alpha value is -6.90. The molecular weight excluding hydrogens is 662 g/mol. The van der Waals surface area contributed by atoms with E-state index in [1.165, 1.54) is 36.2 Å². The number of anilines is 4. The lowest BCUT2D eigenvalue weighted by Gasteiger charge is -2.23. The highest BCUT2D eigenvalue weighted by molar-refractivity contribution is 6.01. The van der Waals surface area contributed by atoms with Crippen LogP contribution in [0, 0.1) is 0 Å². The van der Waals surface area contributed by atoms with E-state index in [1.54, 1.807) is 84.9 Å². The first-order chi connectivity index (χ1) is 24.5. The molecule has 0 fully saturated rings. The summed E-state index contributed by atoms with van der Waals surface area (Å²) in [6.07, 6.45) is -1.40. The zero-order chi connectivity index (χ0) is 36.9. The summed E-state index contributed by atoms with van der Waals surface area (Å²) in [5, 5.41) is 12.3. The smallest absolute Gasteiger partial charge is 0.324 e. The molecular formula is C36H35N5O10. The Morgan fingerprint density at radius 3 is 1.43 bits per heavy atom. The van der Waals surface area contributed by atoms with Crippen molar-refractivity contribution in [1.29, 1.82) is 0 Å². The number of amides is 4. The Morgan fingerprint density at radius 1 is 0.608 bits per heavy atom. The molecule has 4 aromatic carbocycles. The Kier molecular flexibility index (Phi) is 12.7. The molecule has 0 saturated carbocycles. The van der Waals surface area contributed by atoms with E-state index in [-0.39, 0.29) is 30.8 Å². The SMILES string of the molecule is COc1cc(CC(=O)OC(=O)CC/C(=N/O)OC(=O)Cc2ccc(N(C(N)=O)c3ccccc3)c(OC)c2)ccc1N(C(N)=O)c1ccccc1. The number of para-hydroxylation sites is 2. The number of hydrogen-bond acceptors (Lipinski definition) is 11. The quantitative estimate of drug-likeness (QED) is 0.0420. The molecule has 0 atom stereocenters. The van der Waals surface area contributed by atoms with Crippen molar-refractivity contribution in [2.75, 3.05) is 24.0 Å². The van der Waals surface area contributed by atoms with Crippen LogP contribution in [0.2, 0.25) is 0 Å². The molecule has 4 rings (SSSR count). The number of methoxy groups -OCH3 is 2. The molecule has 0 heterocycles. The van der Waals surface area contributed by atoms with Crippen LogP contribution in [0.5, 0.6) is 11.5 Å². The number of ether oxygens (including phenoxy) is 4. The van der Waals surface area contributed by atoms with Crippen LogP contribution < -0.4 is 30.7 Å². The zero-order valence-corrected chi connectivity index (χ0v) is 27.7. The third kappa shape index (κ3) is 9.82. The molecule has 0 bridgehead atoms. The minimum absolute atomic E-state index is 0.245. The second-order valence-corrected chi connectivity index (χ2v) is 10.7. The fourth-order valence-electron chi connectivity index (χ4n) is 5.00. The van der Waals surface area contributed by atoms with Crippen LogP contribution in [-0.2, 0) is 36.7 Å². The summed E-state index contributed by atoms with van der Waals surface area (Å²) in [5.74, 6) is -2.65. The standard InChI is InChI=1S/C36H35N5O10/c1-48-29-19-23(13-15-27(29)40(35(37)45)25-9-5-3-6-10-25)21-33(43)50-31(39-47)17-18-32(42)51-34(44)22-24-14-16-28(30(20-24)49-2)41(36(38)46)26-11-7-4-8-12-26/h3-16,19-20,47H,17-18,21-22H2,1-2H3,(H2,37,45)(H2,38,46)/b39-31-. The van der Waals surface area contributed by atoms with Crippen LogP contribution >= 0.6 is 0 Å². The number of oxime groups is 1. The zero-order valence-electron chi connectivity index (χ0n) is 27.7. The average Bonchev–Trinajstić information content (AvgIpc) is 3.11. The number of primary amides is 2. The molecule has 0 unspecified atom stereocenters. The average molecular weight is 698 g/mol. The number of carbonyl (C=O) groups is 5. The first kappa shape index (κ1) is 36.9. The molecule has 0 aromatic heterocycles. The van der Waals surface area contributed by atoms with Crippen LogP contribution in [0.4, 0.5) is 32.3 Å². The second-order valence-electron chi connectivity index (χ2n) is 10.7. The number of nitrogens with two attached hydrogens (primary N) is 2. The van der Waals surface area contributed by atoms with E-state index in [0.717, 1.165) is 0 Å². The van der Waals surface area contributed by atoms with Crippen LogP contribution in [0.15, 0.2) is 102 Å². The highest BCUT2D eigenvalue weighted by Gasteiger charge is 2.23. The van der Waals surface area contributed by atoms with Crippen molar-refractivity contribution in [1.82, 2.24) is 0 Å². The summed E-state index contributed by atoms with van der Waals surface area (Å²) >= 11 is 0. The van der Waals surface area contributed by atoms with E-state index in [1.807, 2.05) is 0 Å². The molecule has 5 N–H and O–H groups in total. The normalized spacial score (nSPS) is 10.8. The van der Waals surface area contributed by atoms with Crippen molar-refractivity contribution >= 4 is 58.6 Å². The van der Waals surface area contributed by atoms with Gasteiger partial charge in [-0.3, -0.25) is 24.2 Å². The van der Waals surface area contributed by atoms with Gasteiger partial charge in [0.2, 0.25) is 5.90 Å². The van der Waals surface area contributed by atoms with Gasteiger partial charge in [0.05, 0.1) is 56.2 Å². The van der Waals surface area contributed by atoms with E-state index in [2.05, 4.69) is 5.16 Å². The van der Waals surface area contributed by atoms with Gasteiger partial charge in [-0.1, -0.05) is 53.7 Å². The van der Waals surface area contributed by atoms with E-state index in [0.29, 0.717) is 33.9 Å². The molecule has 0 aliphatic rings. The minimum atomic E-state index is -0.956. The molecule has 264 valence electrons. The van der Waals surface area contributed by atoms with Gasteiger partial charge in [-0.05, 0) is 59.7 Å². The summed E-state index contributed by atoms with van der Waals surface area (Å²) in [6, 6.07) is 25.1. The molecule has 51 heavy (non-hydrogen) atoms. The summed E-state index contributed by atoms with van der Waals surface area (Å²) in [4.78, 5) is 64.6. The van der Waals surface area contributed by atoms with Gasteiger partial charge in [-0.15, -0.1) is 0 Å². The van der Waals surface area contributed by atoms with Gasteiger partial charge in [-0.25, -0.2) is 9.59 Å². The summed E-state index contributed by atoms with van der Waals surface area (Å²) in [6.45, 7) is 0. The lowest BCUT2D eigenvalue weighted by molar-refractivity contribution is -0.159. The topological polar surface area (TPSA) is 213 Å². The van der Waals surface area contributed by atoms with Crippen molar-refractivity contribution in [2.24, 2.45) is 16.6 Å². The van der Waals surface area contributed by atoms with Crippen LogP contribution in [0.25, 0.3) is 0 Å². The van der Waals surface area contributed by atoms with E-state index >= 15 is 0 Å². The Balaban J connectivity index is 1.31. The number of rotatable bonds is 13. The van der Waals surface area contributed by atoms with Crippen molar-refractivity contribution in [3.8, 4) is 11.5 Å². The van der Waals surface area contributed by atoms with Gasteiger partial charge in [0.1, 0.15) is 11.5 Å². The lowest BCUT2D eigenvalue weighted by Crippen LogP contribution is -2.31. The number of nitrogens with zero attached hydrogens (tertiary/aromatic N) is 3. The molecule has 4 amide bonds. The molecule has 4 aromatic rings. The Bertz CT molecular complexity index is 1920. The maximum absolute atomic E-state index is 12.6. The first-order valence-corrected chi connectivity index (χ1v) is 15.3. The maximum Gasteiger partial charge on any atom is 0.324 e. The number of carbonyl (C=O) groups excluding carboxylic acids is 5. The van der Waals surface area contributed by atoms with Crippen molar-refractivity contribution in [3.63, 3.8) is 0 Å². The van der Waals surface area contributed by atoms with Crippen molar-refractivity contribution < 1.29 is 48.1 Å². The monoisotopic (exact) mass is 697 g/mol. The van der Waals surface area contributed by atoms with Gasteiger partial charge in [0.25, 0.3) is 0 Å². The van der Waals surface area contributed by atoms with E-state index < -0.39 is 42.3 Å². The third-order valence-corrected chi connectivity index (χ3v) is 7.25. The van der Waals surface area contributed by atoms with Crippen molar-refractivity contribution in [2.45, 2.75) is 25.7 Å². The number of urea groups is 2. The summed E-state index contributed by atoms with van der Waals surface area (Å²) < 4.78 is 20.9. The molecule has 0 aliphatic carbocycles. The molecule has 0 radical (unpaired) electrons. The predicted molar refractivity (Wildman–Crippen MR) is 185 cm³/mol. The van der Waals surface area contributed by atoms with Gasteiger partial charge in [-0.2, -0.15) is 0 Å². The van der Waals surface area contributed by atoms with E-state index in [9.17, 15) is 29.2 Å². The van der Waals surface area contributed by atoms with Gasteiger partial charge < -0.3 is 35.6 Å². The summed E-state index contributed by atoms with van der Waals surface area (Å²) in [7, 11) is 2.78. The third-order valence-electron chi connectivity index (χ3n) is 7.25. The fraction of sp³-hybridized carbons (Fsp3) is 0.167. The van der Waals surface area contributed by atoms with Crippen LogP contribution in [-0.4, -0.2) is 55.3 Å². The van der Waals surface area contributed by atoms with Gasteiger partial charge >= 0.3 is 30.0 Å². The maximum atomic E-state index is 12.6. The summed E-state index contributed by atoms with van der Waals surface area (Å²) in [5.41, 5.74) is 13.8. The fourth-order valence-corrected chi connectivity index (χ4v) is 5.00. The highest BCUT2D eigenvalue weighted by atomic mass is 16.6. The molecule has 0 spiro atoms. The predicted octanol–water partition coefficient (Wildman–Crippen LogP) is 5.10. The largest absolute Gasteiger partial charge is 0.495 e. The van der Waals surface area contributed by atoms with E-state index in [4.69, 9.17) is 30.4 Å². The number of benzene rings is 4. The number of hydrogen-bond donors (Lipinski definition) is 3.